The molecule has 5 fully saturated rings. The molecule has 0 amide bonds. The number of rotatable bonds is 2. The summed E-state index contributed by atoms with van der Waals surface area (Å²) in [5, 5.41) is 0. The van der Waals surface area contributed by atoms with Crippen LogP contribution in [0.4, 0.5) is 0 Å². The van der Waals surface area contributed by atoms with Crippen LogP contribution in [0.3, 0.4) is 0 Å². The minimum absolute atomic E-state index is 0.0740. The van der Waals surface area contributed by atoms with Crippen molar-refractivity contribution in [3.63, 3.8) is 0 Å². The summed E-state index contributed by atoms with van der Waals surface area (Å²) in [5.74, 6) is 3.99. The third-order valence-corrected chi connectivity index (χ3v) is 13.7. The number of fused-ring (bicyclic) bond motifs is 1. The Morgan fingerprint density at radius 1 is 0.708 bits per heavy atom. The van der Waals surface area contributed by atoms with E-state index in [0.29, 0.717) is 0 Å². The van der Waals surface area contributed by atoms with Crippen molar-refractivity contribution >= 4 is 59.0 Å². The van der Waals surface area contributed by atoms with Gasteiger partial charge >= 0.3 is 11.9 Å². The molecule has 2 heterocycles. The molecule has 0 radical (unpaired) electrons. The Bertz CT molecular complexity index is 520. The summed E-state index contributed by atoms with van der Waals surface area (Å²) in [6.45, 7) is 0. The first-order valence-corrected chi connectivity index (χ1v) is 12.2. The first kappa shape index (κ1) is 17.7. The lowest BCUT2D eigenvalue weighted by Gasteiger charge is -2.65. The summed E-state index contributed by atoms with van der Waals surface area (Å²) >= 11 is 7.50. The van der Waals surface area contributed by atoms with Gasteiger partial charge in [-0.1, -0.05) is 0 Å². The fourth-order valence-corrected chi connectivity index (χ4v) is 13.0. The van der Waals surface area contributed by atoms with E-state index < -0.39 is 10.8 Å². The largest absolute Gasteiger partial charge is 0.469 e. The SMILES string of the molecule is COC(=O)[C@@]12CC[C@@](C(=O)OC)(CC13SCCS3)C1(C2)SCCS1. The van der Waals surface area contributed by atoms with Gasteiger partial charge in [0.25, 0.3) is 0 Å². The minimum Gasteiger partial charge on any atom is -0.469 e. The monoisotopic (exact) mass is 406 g/mol. The standard InChI is InChI=1S/C16H22O4S4/c1-19-11(17)13-3-4-14(12(18)20-2,10-15(13)21-5-6-22-15)16(9-13)23-7-8-24-16/h3-10H2,1-2H3/t13-,14-/m0/s1. The molecule has 2 bridgehead atoms. The van der Waals surface area contributed by atoms with Gasteiger partial charge in [0, 0.05) is 23.0 Å². The van der Waals surface area contributed by atoms with Crippen molar-refractivity contribution in [1.82, 2.24) is 0 Å². The van der Waals surface area contributed by atoms with Crippen molar-refractivity contribution in [3.05, 3.63) is 0 Å². The van der Waals surface area contributed by atoms with Gasteiger partial charge in [-0.3, -0.25) is 9.59 Å². The molecule has 2 saturated heterocycles. The molecule has 0 unspecified atom stereocenters. The molecule has 3 aliphatic carbocycles. The maximum absolute atomic E-state index is 13.0. The quantitative estimate of drug-likeness (QED) is 0.648. The highest BCUT2D eigenvalue weighted by atomic mass is 32.2. The second kappa shape index (κ2) is 5.92. The van der Waals surface area contributed by atoms with Crippen LogP contribution in [0.1, 0.15) is 25.7 Å². The van der Waals surface area contributed by atoms with Gasteiger partial charge in [-0.05, 0) is 25.7 Å². The third kappa shape index (κ3) is 2.00. The molecular formula is C16H22O4S4. The van der Waals surface area contributed by atoms with Crippen LogP contribution in [0, 0.1) is 10.8 Å². The highest BCUT2D eigenvalue weighted by molar-refractivity contribution is 8.22. The molecule has 0 aromatic carbocycles. The molecule has 8 heteroatoms. The van der Waals surface area contributed by atoms with Gasteiger partial charge in [0.2, 0.25) is 0 Å². The lowest BCUT2D eigenvalue weighted by molar-refractivity contribution is -0.175. The predicted molar refractivity (Wildman–Crippen MR) is 103 cm³/mol. The van der Waals surface area contributed by atoms with Crippen LogP contribution in [0.15, 0.2) is 0 Å². The molecule has 0 aromatic heterocycles. The van der Waals surface area contributed by atoms with E-state index in [4.69, 9.17) is 9.47 Å². The number of hydrogen-bond donors (Lipinski definition) is 0. The van der Waals surface area contributed by atoms with Crippen LogP contribution < -0.4 is 0 Å². The number of esters is 2. The van der Waals surface area contributed by atoms with Crippen molar-refractivity contribution in [2.75, 3.05) is 37.2 Å². The second-order valence-corrected chi connectivity index (χ2v) is 13.0. The van der Waals surface area contributed by atoms with E-state index in [0.717, 1.165) is 48.7 Å². The van der Waals surface area contributed by atoms with E-state index >= 15 is 0 Å². The Morgan fingerprint density at radius 2 is 1.04 bits per heavy atom. The van der Waals surface area contributed by atoms with E-state index in [-0.39, 0.29) is 20.1 Å². The van der Waals surface area contributed by atoms with Gasteiger partial charge in [-0.25, -0.2) is 0 Å². The van der Waals surface area contributed by atoms with Crippen LogP contribution in [-0.2, 0) is 19.1 Å². The van der Waals surface area contributed by atoms with Crippen molar-refractivity contribution < 1.29 is 19.1 Å². The summed E-state index contributed by atoms with van der Waals surface area (Å²) in [6, 6.07) is 0. The first-order chi connectivity index (χ1) is 11.5. The van der Waals surface area contributed by atoms with Gasteiger partial charge in [0.15, 0.2) is 0 Å². The molecule has 24 heavy (non-hydrogen) atoms. The van der Waals surface area contributed by atoms with Crippen LogP contribution >= 0.6 is 47.0 Å². The molecular weight excluding hydrogens is 384 g/mol. The third-order valence-electron chi connectivity index (χ3n) is 6.17. The molecule has 4 nitrogen and oxygen atoms in total. The molecule has 2 aliphatic heterocycles. The number of carbonyl (C=O) groups is 2. The van der Waals surface area contributed by atoms with Crippen molar-refractivity contribution in [3.8, 4) is 0 Å². The first-order valence-electron chi connectivity index (χ1n) is 8.23. The fourth-order valence-electron chi connectivity index (χ4n) is 5.10. The smallest absolute Gasteiger partial charge is 0.314 e. The van der Waals surface area contributed by atoms with Crippen LogP contribution in [0.2, 0.25) is 0 Å². The number of carbonyl (C=O) groups excluding carboxylic acids is 2. The maximum atomic E-state index is 13.0. The predicted octanol–water partition coefficient (Wildman–Crippen LogP) is 3.25. The number of hydrogen-bond acceptors (Lipinski definition) is 8. The molecule has 134 valence electrons. The van der Waals surface area contributed by atoms with Gasteiger partial charge in [-0.2, -0.15) is 0 Å². The highest BCUT2D eigenvalue weighted by Crippen LogP contribution is 2.79. The summed E-state index contributed by atoms with van der Waals surface area (Å²) in [6.07, 6.45) is 2.93. The zero-order chi connectivity index (χ0) is 17.1. The normalized spacial score (nSPS) is 38.6. The molecule has 0 N–H and O–H groups in total. The van der Waals surface area contributed by atoms with Gasteiger partial charge in [0.05, 0.1) is 33.2 Å². The van der Waals surface area contributed by atoms with Gasteiger partial charge in [0.1, 0.15) is 0 Å². The molecule has 3 saturated carbocycles. The highest BCUT2D eigenvalue weighted by Gasteiger charge is 2.78. The zero-order valence-electron chi connectivity index (χ0n) is 13.9. The lowest BCUT2D eigenvalue weighted by atomic mass is 9.52. The average Bonchev–Trinajstić information content (AvgIpc) is 3.26. The molecule has 0 aromatic rings. The number of thioether (sulfide) groups is 4. The molecule has 2 atom stereocenters. The van der Waals surface area contributed by atoms with Crippen LogP contribution in [0.5, 0.6) is 0 Å². The van der Waals surface area contributed by atoms with Gasteiger partial charge in [-0.15, -0.1) is 47.0 Å². The van der Waals surface area contributed by atoms with Gasteiger partial charge < -0.3 is 9.47 Å². The van der Waals surface area contributed by atoms with E-state index in [2.05, 4.69) is 0 Å². The zero-order valence-corrected chi connectivity index (χ0v) is 17.2. The number of ether oxygens (including phenoxy) is 2. The maximum Gasteiger partial charge on any atom is 0.314 e. The summed E-state index contributed by atoms with van der Waals surface area (Å²) in [7, 11) is 3.01. The van der Waals surface area contributed by atoms with E-state index in [1.165, 1.54) is 14.2 Å². The van der Waals surface area contributed by atoms with E-state index in [9.17, 15) is 9.59 Å². The van der Waals surface area contributed by atoms with Crippen molar-refractivity contribution in [2.24, 2.45) is 10.8 Å². The topological polar surface area (TPSA) is 52.6 Å². The summed E-state index contributed by atoms with van der Waals surface area (Å²) in [4.78, 5) is 26.0. The van der Waals surface area contributed by atoms with Crippen LogP contribution in [-0.4, -0.2) is 57.3 Å². The van der Waals surface area contributed by atoms with E-state index in [1.54, 1.807) is 0 Å². The molecule has 2 spiro atoms. The Morgan fingerprint density at radius 3 is 1.33 bits per heavy atom. The Balaban J connectivity index is 1.87. The Kier molecular flexibility index (Phi) is 4.38. The Labute approximate surface area is 159 Å². The van der Waals surface area contributed by atoms with Crippen molar-refractivity contribution in [2.45, 2.75) is 33.8 Å². The number of methoxy groups -OCH3 is 2. The summed E-state index contributed by atoms with van der Waals surface area (Å²) in [5.41, 5.74) is -0.957. The summed E-state index contributed by atoms with van der Waals surface area (Å²) < 4.78 is 10.2. The average molecular weight is 407 g/mol. The molecule has 5 rings (SSSR count). The minimum atomic E-state index is -0.478. The molecule has 5 aliphatic rings. The Hall–Kier alpha value is 0.340. The van der Waals surface area contributed by atoms with Crippen LogP contribution in [0.25, 0.3) is 0 Å². The fraction of sp³-hybridized carbons (Fsp3) is 0.875. The van der Waals surface area contributed by atoms with E-state index in [1.807, 2.05) is 47.0 Å². The van der Waals surface area contributed by atoms with Crippen molar-refractivity contribution in [1.29, 1.82) is 0 Å². The second-order valence-electron chi connectivity index (χ2n) is 6.90. The lowest BCUT2D eigenvalue weighted by Crippen LogP contribution is -2.69.